The molecule has 1 aromatic rings. The second-order valence-corrected chi connectivity index (χ2v) is 8.26. The molecule has 9 heteroatoms. The molecule has 0 saturated carbocycles. The predicted molar refractivity (Wildman–Crippen MR) is 81.2 cm³/mol. The van der Waals surface area contributed by atoms with E-state index < -0.39 is 20.5 Å². The number of sulfone groups is 1. The number of halogens is 1. The highest BCUT2D eigenvalue weighted by atomic mass is 127. The van der Waals surface area contributed by atoms with Crippen LogP contribution in [-0.2, 0) is 21.2 Å². The van der Waals surface area contributed by atoms with Crippen molar-refractivity contribution in [2.75, 3.05) is 6.26 Å². The van der Waals surface area contributed by atoms with Crippen molar-refractivity contribution < 1.29 is 18.4 Å². The molecule has 0 saturated heterocycles. The van der Waals surface area contributed by atoms with Crippen molar-refractivity contribution in [3.05, 3.63) is 32.3 Å². The molecule has 0 aliphatic heterocycles. The highest BCUT2D eigenvalue weighted by molar-refractivity contribution is 14.1. The highest BCUT2D eigenvalue weighted by Crippen LogP contribution is 2.21. The van der Waals surface area contributed by atoms with Gasteiger partial charge in [0.25, 0.3) is 11.5 Å². The van der Waals surface area contributed by atoms with Gasteiger partial charge < -0.3 is 4.57 Å². The molecule has 2 N–H and O–H groups in total. The number of carbonyl (C=O) groups excluding carboxylic acids is 1. The number of aryl methyl sites for hydroxylation is 1. The molecule has 1 rings (SSSR count). The standard InChI is InChI=1S/C11H15IN2O5S/c1-11(10(16)13-17,20(2,18)19)4-6-14-5-3-8(12)7-9(14)15/h3,5,7,17H,4,6H2,1-2H3,(H,13,16). The Bertz CT molecular complexity index is 670. The first-order valence-corrected chi connectivity index (χ1v) is 8.59. The van der Waals surface area contributed by atoms with Crippen LogP contribution >= 0.6 is 22.6 Å². The number of nitrogens with zero attached hydrogens (tertiary/aromatic N) is 1. The summed E-state index contributed by atoms with van der Waals surface area (Å²) in [6.45, 7) is 1.26. The van der Waals surface area contributed by atoms with Crippen LogP contribution in [0.15, 0.2) is 23.1 Å². The maximum atomic E-state index is 11.8. The van der Waals surface area contributed by atoms with Gasteiger partial charge in [-0.05, 0) is 42.0 Å². The average molecular weight is 414 g/mol. The number of hydroxylamine groups is 1. The van der Waals surface area contributed by atoms with Crippen molar-refractivity contribution in [2.45, 2.75) is 24.6 Å². The number of rotatable bonds is 5. The minimum Gasteiger partial charge on any atom is -0.315 e. The second-order valence-electron chi connectivity index (χ2n) is 4.57. The van der Waals surface area contributed by atoms with E-state index in [9.17, 15) is 18.0 Å². The van der Waals surface area contributed by atoms with Crippen molar-refractivity contribution in [2.24, 2.45) is 0 Å². The van der Waals surface area contributed by atoms with Crippen LogP contribution in [0.25, 0.3) is 0 Å². The molecule has 0 radical (unpaired) electrons. The van der Waals surface area contributed by atoms with Crippen molar-refractivity contribution in [3.8, 4) is 0 Å². The zero-order chi connectivity index (χ0) is 15.6. The summed E-state index contributed by atoms with van der Waals surface area (Å²) in [4.78, 5) is 23.3. The zero-order valence-corrected chi connectivity index (χ0v) is 13.9. The van der Waals surface area contributed by atoms with Gasteiger partial charge in [-0.15, -0.1) is 0 Å². The summed E-state index contributed by atoms with van der Waals surface area (Å²) in [6, 6.07) is 3.11. The number of nitrogens with one attached hydrogen (secondary N) is 1. The lowest BCUT2D eigenvalue weighted by Crippen LogP contribution is -2.49. The van der Waals surface area contributed by atoms with E-state index in [1.807, 2.05) is 22.6 Å². The summed E-state index contributed by atoms with van der Waals surface area (Å²) in [5, 5.41) is 8.69. The van der Waals surface area contributed by atoms with Crippen LogP contribution in [0.3, 0.4) is 0 Å². The SMILES string of the molecule is CC(CCn1ccc(I)cc1=O)(C(=O)NO)S(C)(=O)=O. The quantitative estimate of drug-likeness (QED) is 0.406. The number of carbonyl (C=O) groups is 1. The summed E-state index contributed by atoms with van der Waals surface area (Å²) in [7, 11) is -3.76. The predicted octanol–water partition coefficient (Wildman–Crippen LogP) is 0.152. The first-order chi connectivity index (χ1) is 9.11. The lowest BCUT2D eigenvalue weighted by atomic mass is 10.1. The van der Waals surface area contributed by atoms with Crippen LogP contribution in [0.4, 0.5) is 0 Å². The smallest absolute Gasteiger partial charge is 0.264 e. The molecule has 0 aromatic carbocycles. The minimum absolute atomic E-state index is 0.0484. The van der Waals surface area contributed by atoms with Gasteiger partial charge >= 0.3 is 0 Å². The summed E-state index contributed by atoms with van der Waals surface area (Å²) in [6.07, 6.45) is 2.32. The summed E-state index contributed by atoms with van der Waals surface area (Å²) in [5.41, 5.74) is 1.09. The Balaban J connectivity index is 3.05. The van der Waals surface area contributed by atoms with E-state index in [2.05, 4.69) is 0 Å². The molecule has 1 atom stereocenters. The third kappa shape index (κ3) is 3.58. The van der Waals surface area contributed by atoms with Crippen LogP contribution in [0.5, 0.6) is 0 Å². The lowest BCUT2D eigenvalue weighted by Gasteiger charge is -2.25. The Kier molecular flexibility index (Phi) is 5.33. The van der Waals surface area contributed by atoms with E-state index in [4.69, 9.17) is 5.21 Å². The third-order valence-electron chi connectivity index (χ3n) is 3.19. The largest absolute Gasteiger partial charge is 0.315 e. The molecular formula is C11H15IN2O5S. The second kappa shape index (κ2) is 6.22. The van der Waals surface area contributed by atoms with Crippen LogP contribution in [0, 0.1) is 3.57 Å². The first kappa shape index (κ1) is 17.1. The fourth-order valence-corrected chi connectivity index (χ4v) is 2.86. The fraction of sp³-hybridized carbons (Fsp3) is 0.455. The Hall–Kier alpha value is -0.940. The van der Waals surface area contributed by atoms with Crippen LogP contribution in [0.1, 0.15) is 13.3 Å². The van der Waals surface area contributed by atoms with Gasteiger partial charge in [0.05, 0.1) is 0 Å². The van der Waals surface area contributed by atoms with E-state index in [1.165, 1.54) is 29.2 Å². The van der Waals surface area contributed by atoms with Gasteiger partial charge in [-0.2, -0.15) is 0 Å². The van der Waals surface area contributed by atoms with Gasteiger partial charge in [0.2, 0.25) is 0 Å². The summed E-state index contributed by atoms with van der Waals surface area (Å²) < 4.78 is 23.8. The Morgan fingerprint density at radius 1 is 1.55 bits per heavy atom. The molecule has 0 aliphatic carbocycles. The number of pyridine rings is 1. The maximum absolute atomic E-state index is 11.8. The molecule has 7 nitrogen and oxygen atoms in total. The van der Waals surface area contributed by atoms with Crippen molar-refractivity contribution >= 4 is 38.3 Å². The van der Waals surface area contributed by atoms with Crippen LogP contribution in [0.2, 0.25) is 0 Å². The van der Waals surface area contributed by atoms with E-state index in [0.29, 0.717) is 0 Å². The number of hydrogen-bond acceptors (Lipinski definition) is 5. The average Bonchev–Trinajstić information content (AvgIpc) is 2.35. The summed E-state index contributed by atoms with van der Waals surface area (Å²) >= 11 is 1.99. The number of hydrogen-bond donors (Lipinski definition) is 2. The highest BCUT2D eigenvalue weighted by Gasteiger charge is 2.43. The number of aromatic nitrogens is 1. The van der Waals surface area contributed by atoms with E-state index in [1.54, 1.807) is 6.07 Å². The Labute approximate surface area is 130 Å². The van der Waals surface area contributed by atoms with Crippen LogP contribution < -0.4 is 11.0 Å². The zero-order valence-electron chi connectivity index (χ0n) is 11.0. The monoisotopic (exact) mass is 414 g/mol. The third-order valence-corrected chi connectivity index (χ3v) is 5.89. The van der Waals surface area contributed by atoms with Gasteiger partial charge in [0.15, 0.2) is 14.6 Å². The molecule has 112 valence electrons. The Morgan fingerprint density at radius 3 is 2.60 bits per heavy atom. The van der Waals surface area contributed by atoms with Crippen molar-refractivity contribution in [3.63, 3.8) is 0 Å². The molecule has 0 aliphatic rings. The molecule has 0 bridgehead atoms. The maximum Gasteiger partial charge on any atom is 0.264 e. The van der Waals surface area contributed by atoms with E-state index in [-0.39, 0.29) is 18.5 Å². The lowest BCUT2D eigenvalue weighted by molar-refractivity contribution is -0.131. The van der Waals surface area contributed by atoms with Gasteiger partial charge in [-0.25, -0.2) is 13.9 Å². The van der Waals surface area contributed by atoms with Crippen LogP contribution in [-0.4, -0.2) is 35.1 Å². The van der Waals surface area contributed by atoms with Gasteiger partial charge in [-0.1, -0.05) is 0 Å². The molecule has 1 unspecified atom stereocenters. The summed E-state index contributed by atoms with van der Waals surface area (Å²) in [5.74, 6) is -1.02. The van der Waals surface area contributed by atoms with Gasteiger partial charge in [-0.3, -0.25) is 14.8 Å². The molecule has 20 heavy (non-hydrogen) atoms. The molecule has 0 fully saturated rings. The van der Waals surface area contributed by atoms with E-state index in [0.717, 1.165) is 9.83 Å². The molecule has 1 heterocycles. The molecule has 1 amide bonds. The van der Waals surface area contributed by atoms with Gasteiger partial charge in [0.1, 0.15) is 0 Å². The fourth-order valence-electron chi connectivity index (χ4n) is 1.59. The molecule has 1 aromatic heterocycles. The molecular weight excluding hydrogens is 399 g/mol. The topological polar surface area (TPSA) is 105 Å². The van der Waals surface area contributed by atoms with Crippen molar-refractivity contribution in [1.82, 2.24) is 10.0 Å². The normalized spacial score (nSPS) is 14.6. The number of amides is 1. The Morgan fingerprint density at radius 2 is 2.15 bits per heavy atom. The minimum atomic E-state index is -3.76. The first-order valence-electron chi connectivity index (χ1n) is 5.62. The van der Waals surface area contributed by atoms with E-state index >= 15 is 0 Å². The molecule has 0 spiro atoms. The van der Waals surface area contributed by atoms with Gasteiger partial charge in [0, 0.05) is 28.6 Å². The van der Waals surface area contributed by atoms with Crippen molar-refractivity contribution in [1.29, 1.82) is 0 Å².